The normalized spacial score (nSPS) is 12.4. The van der Waals surface area contributed by atoms with E-state index in [2.05, 4.69) is 46.0 Å². The molecule has 17 heavy (non-hydrogen) atoms. The monoisotopic (exact) mass is 248 g/mol. The lowest BCUT2D eigenvalue weighted by Crippen LogP contribution is -2.11. The lowest BCUT2D eigenvalue weighted by atomic mass is 10.1. The minimum absolute atomic E-state index is 0.223. The van der Waals surface area contributed by atoms with Crippen LogP contribution in [-0.4, -0.2) is 9.97 Å². The van der Waals surface area contributed by atoms with Crippen molar-refractivity contribution in [1.29, 1.82) is 0 Å². The van der Waals surface area contributed by atoms with Crippen molar-refractivity contribution < 1.29 is 0 Å². The van der Waals surface area contributed by atoms with Crippen LogP contribution in [0, 0.1) is 0 Å². The van der Waals surface area contributed by atoms with Crippen LogP contribution in [0.1, 0.15) is 31.0 Å². The second-order valence-electron chi connectivity index (χ2n) is 3.86. The highest BCUT2D eigenvalue weighted by Gasteiger charge is 2.11. The Hall–Kier alpha value is -1.62. The quantitative estimate of drug-likeness (QED) is 0.873. The van der Waals surface area contributed by atoms with Gasteiger partial charge in [-0.1, -0.05) is 6.92 Å². The number of thiophene rings is 1. The van der Waals surface area contributed by atoms with Gasteiger partial charge in [0.1, 0.15) is 18.0 Å². The fraction of sp³-hybridized carbons (Fsp3) is 0.333. The third kappa shape index (κ3) is 2.55. The summed E-state index contributed by atoms with van der Waals surface area (Å²) in [6, 6.07) is 2.33. The van der Waals surface area contributed by atoms with Gasteiger partial charge in [-0.2, -0.15) is 11.3 Å². The summed E-state index contributed by atoms with van der Waals surface area (Å²) in [5.41, 5.74) is 8.08. The Morgan fingerprint density at radius 1 is 1.47 bits per heavy atom. The summed E-state index contributed by atoms with van der Waals surface area (Å²) in [7, 11) is 0. The largest absolute Gasteiger partial charge is 0.383 e. The predicted molar refractivity (Wildman–Crippen MR) is 72.2 cm³/mol. The molecule has 0 fully saturated rings. The lowest BCUT2D eigenvalue weighted by Gasteiger charge is -2.16. The molecule has 0 aliphatic carbocycles. The second-order valence-corrected chi connectivity index (χ2v) is 4.64. The fourth-order valence-electron chi connectivity index (χ4n) is 1.71. The molecule has 0 bridgehead atoms. The molecule has 1 atom stereocenters. The van der Waals surface area contributed by atoms with Crippen LogP contribution in [0.5, 0.6) is 0 Å². The summed E-state index contributed by atoms with van der Waals surface area (Å²) in [4.78, 5) is 8.27. The number of aromatic nitrogens is 2. The lowest BCUT2D eigenvalue weighted by molar-refractivity contribution is 0.868. The summed E-state index contributed by atoms with van der Waals surface area (Å²) in [6.45, 7) is 4.16. The number of rotatable bonds is 4. The van der Waals surface area contributed by atoms with Crippen LogP contribution in [-0.2, 0) is 6.42 Å². The number of hydrogen-bond donors (Lipinski definition) is 2. The van der Waals surface area contributed by atoms with E-state index in [9.17, 15) is 0 Å². The van der Waals surface area contributed by atoms with E-state index in [-0.39, 0.29) is 6.04 Å². The first-order valence-electron chi connectivity index (χ1n) is 5.60. The van der Waals surface area contributed by atoms with Crippen LogP contribution < -0.4 is 11.1 Å². The van der Waals surface area contributed by atoms with Crippen molar-refractivity contribution in [2.75, 3.05) is 11.1 Å². The highest BCUT2D eigenvalue weighted by molar-refractivity contribution is 7.07. The van der Waals surface area contributed by atoms with Crippen molar-refractivity contribution >= 4 is 23.0 Å². The first kappa shape index (κ1) is 11.9. The summed E-state index contributed by atoms with van der Waals surface area (Å²) >= 11 is 1.69. The second kappa shape index (κ2) is 5.14. The molecule has 0 saturated carbocycles. The van der Waals surface area contributed by atoms with Crippen LogP contribution >= 0.6 is 11.3 Å². The molecule has 0 aliphatic heterocycles. The Labute approximate surface area is 105 Å². The first-order valence-corrected chi connectivity index (χ1v) is 6.54. The zero-order valence-electron chi connectivity index (χ0n) is 9.97. The van der Waals surface area contributed by atoms with Gasteiger partial charge in [-0.25, -0.2) is 9.97 Å². The van der Waals surface area contributed by atoms with Crippen LogP contribution in [0.3, 0.4) is 0 Å². The molecule has 2 aromatic rings. The third-order valence-corrected chi connectivity index (χ3v) is 3.43. The zero-order chi connectivity index (χ0) is 12.3. The molecule has 2 aromatic heterocycles. The van der Waals surface area contributed by atoms with E-state index < -0.39 is 0 Å². The van der Waals surface area contributed by atoms with Crippen molar-refractivity contribution in [3.8, 4) is 0 Å². The maximum atomic E-state index is 5.84. The van der Waals surface area contributed by atoms with Gasteiger partial charge in [0.05, 0.1) is 6.04 Å². The van der Waals surface area contributed by atoms with E-state index in [4.69, 9.17) is 5.73 Å². The van der Waals surface area contributed by atoms with Crippen LogP contribution in [0.15, 0.2) is 23.2 Å². The van der Waals surface area contributed by atoms with Crippen molar-refractivity contribution in [1.82, 2.24) is 9.97 Å². The Balaban J connectivity index is 2.21. The molecule has 0 aromatic carbocycles. The van der Waals surface area contributed by atoms with Crippen LogP contribution in [0.2, 0.25) is 0 Å². The Morgan fingerprint density at radius 2 is 2.29 bits per heavy atom. The standard InChI is InChI=1S/C12H16N4S/c1-3-10-11(13)14-7-15-12(10)16-8(2)9-4-5-17-6-9/h4-8H,3H2,1-2H3,(H3,13,14,15,16). The number of hydrogen-bond acceptors (Lipinski definition) is 5. The molecular weight excluding hydrogens is 232 g/mol. The Kier molecular flexibility index (Phi) is 3.58. The third-order valence-electron chi connectivity index (χ3n) is 2.73. The smallest absolute Gasteiger partial charge is 0.135 e. The molecule has 0 aliphatic rings. The van der Waals surface area contributed by atoms with Gasteiger partial charge in [-0.15, -0.1) is 0 Å². The number of nitrogens with one attached hydrogen (secondary N) is 1. The summed E-state index contributed by atoms with van der Waals surface area (Å²) in [5, 5.41) is 7.58. The Morgan fingerprint density at radius 3 is 2.94 bits per heavy atom. The molecule has 3 N–H and O–H groups in total. The topological polar surface area (TPSA) is 63.8 Å². The van der Waals surface area contributed by atoms with E-state index in [1.807, 2.05) is 0 Å². The number of anilines is 2. The first-order chi connectivity index (χ1) is 8.22. The molecule has 0 saturated heterocycles. The van der Waals surface area contributed by atoms with Gasteiger partial charge in [0, 0.05) is 5.56 Å². The van der Waals surface area contributed by atoms with Crippen molar-refractivity contribution in [2.24, 2.45) is 0 Å². The Bertz CT molecular complexity index is 481. The van der Waals surface area contributed by atoms with Gasteiger partial charge >= 0.3 is 0 Å². The highest BCUT2D eigenvalue weighted by Crippen LogP contribution is 2.24. The van der Waals surface area contributed by atoms with Crippen molar-refractivity contribution in [3.05, 3.63) is 34.3 Å². The predicted octanol–water partition coefficient (Wildman–Crippen LogP) is 2.86. The van der Waals surface area contributed by atoms with E-state index >= 15 is 0 Å². The zero-order valence-corrected chi connectivity index (χ0v) is 10.8. The molecule has 2 heterocycles. The van der Waals surface area contributed by atoms with E-state index in [0.717, 1.165) is 17.8 Å². The van der Waals surface area contributed by atoms with Crippen molar-refractivity contribution in [2.45, 2.75) is 26.3 Å². The van der Waals surface area contributed by atoms with Crippen LogP contribution in [0.25, 0.3) is 0 Å². The molecule has 0 spiro atoms. The minimum atomic E-state index is 0.223. The van der Waals surface area contributed by atoms with Crippen molar-refractivity contribution in [3.63, 3.8) is 0 Å². The van der Waals surface area contributed by atoms with E-state index in [1.54, 1.807) is 11.3 Å². The molecule has 90 valence electrons. The summed E-state index contributed by atoms with van der Waals surface area (Å²) < 4.78 is 0. The van der Waals surface area contributed by atoms with Gasteiger partial charge in [0.15, 0.2) is 0 Å². The van der Waals surface area contributed by atoms with Gasteiger partial charge in [-0.3, -0.25) is 0 Å². The van der Waals surface area contributed by atoms with E-state index in [0.29, 0.717) is 5.82 Å². The molecule has 0 amide bonds. The number of nitrogen functional groups attached to an aromatic ring is 1. The summed E-state index contributed by atoms with van der Waals surface area (Å²) in [5.74, 6) is 1.39. The average molecular weight is 248 g/mol. The van der Waals surface area contributed by atoms with Gasteiger partial charge < -0.3 is 11.1 Å². The number of nitrogens with zero attached hydrogens (tertiary/aromatic N) is 2. The van der Waals surface area contributed by atoms with Gasteiger partial charge in [-0.05, 0) is 35.7 Å². The average Bonchev–Trinajstić information content (AvgIpc) is 2.82. The number of nitrogens with two attached hydrogens (primary N) is 1. The molecule has 5 heteroatoms. The van der Waals surface area contributed by atoms with Crippen LogP contribution in [0.4, 0.5) is 11.6 Å². The fourth-order valence-corrected chi connectivity index (χ4v) is 2.46. The minimum Gasteiger partial charge on any atom is -0.383 e. The molecular formula is C12H16N4S. The summed E-state index contributed by atoms with van der Waals surface area (Å²) in [6.07, 6.45) is 2.32. The highest BCUT2D eigenvalue weighted by atomic mass is 32.1. The maximum Gasteiger partial charge on any atom is 0.135 e. The molecule has 4 nitrogen and oxygen atoms in total. The van der Waals surface area contributed by atoms with Gasteiger partial charge in [0.2, 0.25) is 0 Å². The van der Waals surface area contributed by atoms with E-state index in [1.165, 1.54) is 11.9 Å². The molecule has 0 radical (unpaired) electrons. The van der Waals surface area contributed by atoms with Gasteiger partial charge in [0.25, 0.3) is 0 Å². The maximum absolute atomic E-state index is 5.84. The SMILES string of the molecule is CCc1c(N)ncnc1NC(C)c1ccsc1. The molecule has 1 unspecified atom stereocenters. The molecule has 2 rings (SSSR count).